The number of rotatable bonds is 7. The first-order valence-electron chi connectivity index (χ1n) is 10.3. The molecule has 1 saturated carbocycles. The highest BCUT2D eigenvalue weighted by Gasteiger charge is 2.43. The fraction of sp³-hybridized carbons (Fsp3) is 0.522. The van der Waals surface area contributed by atoms with Crippen molar-refractivity contribution in [3.63, 3.8) is 0 Å². The third-order valence-electron chi connectivity index (χ3n) is 6.31. The van der Waals surface area contributed by atoms with Gasteiger partial charge in [0.15, 0.2) is 15.6 Å². The summed E-state index contributed by atoms with van der Waals surface area (Å²) in [5, 5.41) is 11.9. The second-order valence-corrected chi connectivity index (χ2v) is 12.1. The van der Waals surface area contributed by atoms with Crippen LogP contribution in [-0.2, 0) is 33.1 Å². The summed E-state index contributed by atoms with van der Waals surface area (Å²) in [6, 6.07) is 5.83. The summed E-state index contributed by atoms with van der Waals surface area (Å²) in [7, 11) is -3.69. The van der Waals surface area contributed by atoms with Crippen LogP contribution in [0.4, 0.5) is 0 Å². The quantitative estimate of drug-likeness (QED) is 0.700. The van der Waals surface area contributed by atoms with Gasteiger partial charge in [0.25, 0.3) is 0 Å². The highest BCUT2D eigenvalue weighted by molar-refractivity contribution is 7.94. The topological polar surface area (TPSA) is 71.4 Å². The zero-order valence-electron chi connectivity index (χ0n) is 17.2. The van der Waals surface area contributed by atoms with E-state index in [0.717, 1.165) is 35.3 Å². The summed E-state index contributed by atoms with van der Waals surface area (Å²) in [6.45, 7) is 6.42. The molecule has 156 valence electrons. The highest BCUT2D eigenvalue weighted by Crippen LogP contribution is 2.47. The Morgan fingerprint density at radius 1 is 1.31 bits per heavy atom. The molecular weight excluding hydrogens is 404 g/mol. The minimum atomic E-state index is -3.69. The molecule has 0 aliphatic heterocycles. The molecular formula is C23H28O4S2. The Morgan fingerprint density at radius 2 is 2.03 bits per heavy atom. The van der Waals surface area contributed by atoms with Crippen LogP contribution in [0.2, 0.25) is 0 Å². The molecule has 0 saturated heterocycles. The Bertz CT molecular complexity index is 1060. The molecule has 1 aromatic carbocycles. The molecule has 29 heavy (non-hydrogen) atoms. The number of aliphatic hydroxyl groups is 1. The Balaban J connectivity index is 1.57. The average Bonchev–Trinajstić information content (AvgIpc) is 3.07. The van der Waals surface area contributed by atoms with Gasteiger partial charge in [-0.2, -0.15) is 0 Å². The van der Waals surface area contributed by atoms with Gasteiger partial charge in [-0.05, 0) is 76.8 Å². The van der Waals surface area contributed by atoms with Crippen molar-refractivity contribution in [2.75, 3.05) is 5.75 Å². The van der Waals surface area contributed by atoms with E-state index < -0.39 is 21.2 Å². The summed E-state index contributed by atoms with van der Waals surface area (Å²) in [4.78, 5) is 12.9. The Kier molecular flexibility index (Phi) is 5.24. The minimum absolute atomic E-state index is 0.169. The molecule has 0 radical (unpaired) electrons. The number of aryl methyl sites for hydroxylation is 1. The number of sulfone groups is 1. The van der Waals surface area contributed by atoms with E-state index >= 15 is 0 Å². The molecule has 1 fully saturated rings. The van der Waals surface area contributed by atoms with Crippen molar-refractivity contribution in [1.29, 1.82) is 0 Å². The van der Waals surface area contributed by atoms with Gasteiger partial charge in [0.1, 0.15) is 9.96 Å². The maximum atomic E-state index is 12.9. The lowest BCUT2D eigenvalue weighted by molar-refractivity contribution is -0.116. The zero-order chi connectivity index (χ0) is 21.0. The van der Waals surface area contributed by atoms with E-state index in [1.165, 1.54) is 11.1 Å². The van der Waals surface area contributed by atoms with Crippen LogP contribution in [0.1, 0.15) is 79.7 Å². The predicted octanol–water partition coefficient (Wildman–Crippen LogP) is 4.49. The molecule has 1 N–H and O–H groups in total. The molecule has 1 unspecified atom stereocenters. The molecule has 2 aromatic rings. The maximum absolute atomic E-state index is 12.9. The van der Waals surface area contributed by atoms with Crippen LogP contribution < -0.4 is 0 Å². The van der Waals surface area contributed by atoms with E-state index in [9.17, 15) is 18.3 Å². The van der Waals surface area contributed by atoms with E-state index in [2.05, 4.69) is 32.9 Å². The first kappa shape index (κ1) is 20.8. The van der Waals surface area contributed by atoms with Crippen LogP contribution in [-0.4, -0.2) is 25.1 Å². The van der Waals surface area contributed by atoms with Crippen molar-refractivity contribution < 1.29 is 18.3 Å². The SMILES string of the molecule is CC(C)c1ccc2c(c1CC(=O)CS(=O)(=O)c1cc(C3(O)CC3)cs1)C(C)CC2. The lowest BCUT2D eigenvalue weighted by Gasteiger charge is -2.19. The molecule has 2 aliphatic rings. The number of thiophene rings is 1. The van der Waals surface area contributed by atoms with Crippen molar-refractivity contribution in [3.05, 3.63) is 51.4 Å². The summed E-state index contributed by atoms with van der Waals surface area (Å²) < 4.78 is 25.8. The van der Waals surface area contributed by atoms with Gasteiger partial charge in [0.2, 0.25) is 0 Å². The van der Waals surface area contributed by atoms with Gasteiger partial charge in [-0.25, -0.2) is 8.42 Å². The average molecular weight is 433 g/mol. The van der Waals surface area contributed by atoms with Gasteiger partial charge in [-0.1, -0.05) is 32.9 Å². The second-order valence-electron chi connectivity index (χ2n) is 8.96. The van der Waals surface area contributed by atoms with Gasteiger partial charge < -0.3 is 5.11 Å². The smallest absolute Gasteiger partial charge is 0.194 e. The summed E-state index contributed by atoms with van der Waals surface area (Å²) in [5.74, 6) is -0.0607. The van der Waals surface area contributed by atoms with Gasteiger partial charge in [0.05, 0.1) is 5.60 Å². The number of hydrogen-bond donors (Lipinski definition) is 1. The van der Waals surface area contributed by atoms with Crippen LogP contribution in [0.25, 0.3) is 0 Å². The van der Waals surface area contributed by atoms with Gasteiger partial charge in [-0.15, -0.1) is 11.3 Å². The normalized spacial score (nSPS) is 20.1. The van der Waals surface area contributed by atoms with Gasteiger partial charge in [0, 0.05) is 6.42 Å². The first-order valence-corrected chi connectivity index (χ1v) is 12.8. The fourth-order valence-corrected chi connectivity index (χ4v) is 7.09. The zero-order valence-corrected chi connectivity index (χ0v) is 18.8. The molecule has 6 heteroatoms. The van der Waals surface area contributed by atoms with E-state index in [-0.39, 0.29) is 22.3 Å². The summed E-state index contributed by atoms with van der Waals surface area (Å²) in [6.07, 6.45) is 3.60. The number of carbonyl (C=O) groups excluding carboxylic acids is 1. The van der Waals surface area contributed by atoms with Crippen LogP contribution in [0.3, 0.4) is 0 Å². The molecule has 1 aromatic heterocycles. The Hall–Kier alpha value is -1.50. The Labute approximate surface area is 176 Å². The number of hydrogen-bond acceptors (Lipinski definition) is 5. The number of Topliss-reactive ketones (excluding diaryl/α,β-unsaturated/α-hetero) is 1. The molecule has 1 atom stereocenters. The van der Waals surface area contributed by atoms with Crippen molar-refractivity contribution in [1.82, 2.24) is 0 Å². The van der Waals surface area contributed by atoms with Gasteiger partial charge >= 0.3 is 0 Å². The molecule has 4 rings (SSSR count). The predicted molar refractivity (Wildman–Crippen MR) is 115 cm³/mol. The van der Waals surface area contributed by atoms with Crippen molar-refractivity contribution in [3.8, 4) is 0 Å². The fourth-order valence-electron chi connectivity index (χ4n) is 4.48. The number of fused-ring (bicyclic) bond motifs is 1. The highest BCUT2D eigenvalue weighted by atomic mass is 32.2. The summed E-state index contributed by atoms with van der Waals surface area (Å²) >= 11 is 1.10. The second kappa shape index (κ2) is 7.33. The molecule has 0 bridgehead atoms. The van der Waals surface area contributed by atoms with E-state index in [4.69, 9.17) is 0 Å². The van der Waals surface area contributed by atoms with Crippen molar-refractivity contribution in [2.24, 2.45) is 0 Å². The molecule has 0 amide bonds. The van der Waals surface area contributed by atoms with Crippen molar-refractivity contribution in [2.45, 2.75) is 74.5 Å². The molecule has 4 nitrogen and oxygen atoms in total. The lowest BCUT2D eigenvalue weighted by atomic mass is 9.86. The Morgan fingerprint density at radius 3 is 2.69 bits per heavy atom. The lowest BCUT2D eigenvalue weighted by Crippen LogP contribution is -2.19. The van der Waals surface area contributed by atoms with E-state index in [1.54, 1.807) is 11.4 Å². The largest absolute Gasteiger partial charge is 0.385 e. The van der Waals surface area contributed by atoms with Crippen LogP contribution >= 0.6 is 11.3 Å². The molecule has 0 spiro atoms. The monoisotopic (exact) mass is 432 g/mol. The summed E-state index contributed by atoms with van der Waals surface area (Å²) in [5.41, 5.74) is 4.55. The van der Waals surface area contributed by atoms with Crippen LogP contribution in [0.5, 0.6) is 0 Å². The standard InChI is InChI=1S/C23H28O4S2/c1-14(2)19-7-6-16-5-4-15(3)22(16)20(19)11-18(24)13-29(26,27)21-10-17(12-28-21)23(25)8-9-23/h6-7,10,12,14-15,25H,4-5,8-9,11,13H2,1-3H3. The first-order chi connectivity index (χ1) is 13.6. The molecule has 1 heterocycles. The van der Waals surface area contributed by atoms with Crippen molar-refractivity contribution >= 4 is 27.0 Å². The minimum Gasteiger partial charge on any atom is -0.385 e. The third-order valence-corrected chi connectivity index (χ3v) is 9.52. The van der Waals surface area contributed by atoms with E-state index in [0.29, 0.717) is 24.3 Å². The number of ketones is 1. The number of benzene rings is 1. The maximum Gasteiger partial charge on any atom is 0.194 e. The van der Waals surface area contributed by atoms with Gasteiger partial charge in [-0.3, -0.25) is 4.79 Å². The number of carbonyl (C=O) groups is 1. The third kappa shape index (κ3) is 3.94. The molecule has 2 aliphatic carbocycles. The van der Waals surface area contributed by atoms with E-state index in [1.807, 2.05) is 0 Å². The van der Waals surface area contributed by atoms with Crippen LogP contribution in [0.15, 0.2) is 27.8 Å². The van der Waals surface area contributed by atoms with Crippen LogP contribution in [0, 0.1) is 0 Å².